The van der Waals surface area contributed by atoms with E-state index in [4.69, 9.17) is 0 Å². The van der Waals surface area contributed by atoms with Crippen LogP contribution >= 0.6 is 0 Å². The van der Waals surface area contributed by atoms with Gasteiger partial charge < -0.3 is 0 Å². The highest BCUT2D eigenvalue weighted by molar-refractivity contribution is 7.89. The summed E-state index contributed by atoms with van der Waals surface area (Å²) < 4.78 is 26.2. The molecule has 1 heterocycles. The van der Waals surface area contributed by atoms with Crippen molar-refractivity contribution in [1.29, 1.82) is 0 Å². The van der Waals surface area contributed by atoms with Crippen molar-refractivity contribution in [3.63, 3.8) is 0 Å². The van der Waals surface area contributed by atoms with E-state index in [0.717, 1.165) is 0 Å². The van der Waals surface area contributed by atoms with Crippen molar-refractivity contribution < 1.29 is 8.42 Å². The first-order chi connectivity index (χ1) is 8.95. The molecule has 7 nitrogen and oxygen atoms in total. The molecule has 0 unspecified atom stereocenters. The summed E-state index contributed by atoms with van der Waals surface area (Å²) in [4.78, 5) is 23.0. The van der Waals surface area contributed by atoms with Gasteiger partial charge >= 0.3 is 0 Å². The average Bonchev–Trinajstić information content (AvgIpc) is 2.40. The van der Waals surface area contributed by atoms with Crippen LogP contribution < -0.4 is 15.8 Å². The molecule has 0 saturated heterocycles. The van der Waals surface area contributed by atoms with Crippen molar-refractivity contribution in [1.82, 2.24) is 14.9 Å². The Hall–Kier alpha value is -1.93. The molecule has 0 aliphatic heterocycles. The van der Waals surface area contributed by atoms with Crippen LogP contribution in [-0.2, 0) is 10.0 Å². The number of hydrogen-bond acceptors (Lipinski definition) is 4. The topological polar surface area (TPSA) is 112 Å². The fourth-order valence-corrected chi connectivity index (χ4v) is 2.80. The average molecular weight is 283 g/mol. The van der Waals surface area contributed by atoms with Crippen LogP contribution in [0.1, 0.15) is 13.3 Å². The zero-order valence-corrected chi connectivity index (χ0v) is 11.0. The Morgan fingerprint density at radius 3 is 2.37 bits per heavy atom. The van der Waals surface area contributed by atoms with Gasteiger partial charge in [-0.3, -0.25) is 19.8 Å². The quantitative estimate of drug-likeness (QED) is 0.727. The van der Waals surface area contributed by atoms with Crippen LogP contribution in [0, 0.1) is 0 Å². The smallest absolute Gasteiger partial charge is 0.267 e. The third kappa shape index (κ3) is 2.59. The second kappa shape index (κ2) is 4.98. The van der Waals surface area contributed by atoms with E-state index in [1.165, 1.54) is 18.2 Å². The molecule has 0 aliphatic rings. The van der Waals surface area contributed by atoms with Gasteiger partial charge in [0.05, 0.1) is 15.7 Å². The number of H-pyrrole nitrogens is 2. The Kier molecular flexibility index (Phi) is 3.54. The number of rotatable bonds is 4. The van der Waals surface area contributed by atoms with E-state index in [1.807, 2.05) is 6.92 Å². The van der Waals surface area contributed by atoms with Gasteiger partial charge in [0.25, 0.3) is 11.1 Å². The second-order valence-electron chi connectivity index (χ2n) is 4.01. The van der Waals surface area contributed by atoms with E-state index in [1.54, 1.807) is 0 Å². The first kappa shape index (κ1) is 13.5. The lowest BCUT2D eigenvalue weighted by Gasteiger charge is -2.06. The standard InChI is InChI=1S/C11H13N3O4S/c1-2-5-12-19(17,18)7-3-4-8-9(6-7)11(16)14-13-10(8)15/h3-4,6,12H,2,5H2,1H3,(H,13,15)(H,14,16). The normalized spacial score (nSPS) is 11.8. The lowest BCUT2D eigenvalue weighted by molar-refractivity contribution is 0.581. The SMILES string of the molecule is CCCNS(=O)(=O)c1ccc2c(=O)[nH][nH]c(=O)c2c1. The molecular weight excluding hydrogens is 270 g/mol. The number of fused-ring (bicyclic) bond motifs is 1. The molecule has 8 heteroatoms. The maximum absolute atomic E-state index is 11.9. The monoisotopic (exact) mass is 283 g/mol. The first-order valence-electron chi connectivity index (χ1n) is 5.70. The van der Waals surface area contributed by atoms with Crippen LogP contribution in [0.2, 0.25) is 0 Å². The lowest BCUT2D eigenvalue weighted by Crippen LogP contribution is -2.25. The van der Waals surface area contributed by atoms with Crippen molar-refractivity contribution >= 4 is 20.8 Å². The molecule has 19 heavy (non-hydrogen) atoms. The Balaban J connectivity index is 2.63. The van der Waals surface area contributed by atoms with Gasteiger partial charge in [0.15, 0.2) is 0 Å². The third-order valence-electron chi connectivity index (χ3n) is 2.62. The summed E-state index contributed by atoms with van der Waals surface area (Å²) in [5.74, 6) is 0. The maximum Gasteiger partial charge on any atom is 0.270 e. The fourth-order valence-electron chi connectivity index (χ4n) is 1.64. The Bertz CT molecular complexity index is 820. The van der Waals surface area contributed by atoms with Gasteiger partial charge in [0.1, 0.15) is 0 Å². The summed E-state index contributed by atoms with van der Waals surface area (Å²) in [6.45, 7) is 2.15. The maximum atomic E-state index is 11.9. The summed E-state index contributed by atoms with van der Waals surface area (Å²) in [5.41, 5.74) is -1.01. The molecule has 0 fully saturated rings. The van der Waals surface area contributed by atoms with E-state index in [0.29, 0.717) is 13.0 Å². The van der Waals surface area contributed by atoms with E-state index in [9.17, 15) is 18.0 Å². The Morgan fingerprint density at radius 2 is 1.74 bits per heavy atom. The molecule has 1 aromatic heterocycles. The number of nitrogens with one attached hydrogen (secondary N) is 3. The van der Waals surface area contributed by atoms with Crippen LogP contribution in [0.5, 0.6) is 0 Å². The van der Waals surface area contributed by atoms with Crippen LogP contribution in [0.15, 0.2) is 32.7 Å². The predicted octanol–water partition coefficient (Wildman–Crippen LogP) is -0.0953. The van der Waals surface area contributed by atoms with Crippen LogP contribution in [0.25, 0.3) is 10.8 Å². The van der Waals surface area contributed by atoms with Crippen LogP contribution in [0.3, 0.4) is 0 Å². The minimum absolute atomic E-state index is 0.0375. The summed E-state index contributed by atoms with van der Waals surface area (Å²) in [6, 6.07) is 3.82. The van der Waals surface area contributed by atoms with Gasteiger partial charge in [0.2, 0.25) is 10.0 Å². The predicted molar refractivity (Wildman–Crippen MR) is 70.7 cm³/mol. The van der Waals surface area contributed by atoms with E-state index in [-0.39, 0.29) is 15.7 Å². The van der Waals surface area contributed by atoms with E-state index < -0.39 is 21.1 Å². The van der Waals surface area contributed by atoms with E-state index in [2.05, 4.69) is 14.9 Å². The zero-order chi connectivity index (χ0) is 14.0. The van der Waals surface area contributed by atoms with Crippen molar-refractivity contribution in [2.45, 2.75) is 18.2 Å². The van der Waals surface area contributed by atoms with Gasteiger partial charge in [-0.2, -0.15) is 0 Å². The molecule has 0 aliphatic carbocycles. The highest BCUT2D eigenvalue weighted by atomic mass is 32.2. The molecule has 1 aromatic carbocycles. The molecule has 0 atom stereocenters. The fraction of sp³-hybridized carbons (Fsp3) is 0.273. The Morgan fingerprint density at radius 1 is 1.11 bits per heavy atom. The number of aromatic nitrogens is 2. The molecule has 2 rings (SSSR count). The van der Waals surface area contributed by atoms with Crippen LogP contribution in [0.4, 0.5) is 0 Å². The van der Waals surface area contributed by atoms with Crippen LogP contribution in [-0.4, -0.2) is 25.2 Å². The molecule has 0 bridgehead atoms. The molecule has 0 saturated carbocycles. The van der Waals surface area contributed by atoms with Gasteiger partial charge in [-0.15, -0.1) is 0 Å². The summed E-state index contributed by atoms with van der Waals surface area (Å²) in [6.07, 6.45) is 0.660. The molecule has 0 spiro atoms. The van der Waals surface area contributed by atoms with Crippen molar-refractivity contribution in [2.75, 3.05) is 6.54 Å². The molecule has 3 N–H and O–H groups in total. The highest BCUT2D eigenvalue weighted by Gasteiger charge is 2.15. The molecule has 0 radical (unpaired) electrons. The lowest BCUT2D eigenvalue weighted by atomic mass is 10.2. The minimum atomic E-state index is -3.66. The summed E-state index contributed by atoms with van der Waals surface area (Å²) in [5, 5.41) is 4.53. The second-order valence-corrected chi connectivity index (χ2v) is 5.78. The first-order valence-corrected chi connectivity index (χ1v) is 7.18. The minimum Gasteiger partial charge on any atom is -0.267 e. The van der Waals surface area contributed by atoms with E-state index >= 15 is 0 Å². The zero-order valence-electron chi connectivity index (χ0n) is 10.2. The van der Waals surface area contributed by atoms with Crippen molar-refractivity contribution in [2.24, 2.45) is 0 Å². The highest BCUT2D eigenvalue weighted by Crippen LogP contribution is 2.13. The number of aromatic amines is 2. The van der Waals surface area contributed by atoms with Crippen molar-refractivity contribution in [3.8, 4) is 0 Å². The molecular formula is C11H13N3O4S. The molecule has 102 valence electrons. The number of sulfonamides is 1. The number of benzene rings is 1. The molecule has 2 aromatic rings. The van der Waals surface area contributed by atoms with Gasteiger partial charge in [-0.25, -0.2) is 13.1 Å². The van der Waals surface area contributed by atoms with Gasteiger partial charge in [-0.05, 0) is 24.6 Å². The summed E-state index contributed by atoms with van der Waals surface area (Å²) >= 11 is 0. The largest absolute Gasteiger partial charge is 0.270 e. The van der Waals surface area contributed by atoms with Gasteiger partial charge in [0, 0.05) is 6.54 Å². The molecule has 0 amide bonds. The van der Waals surface area contributed by atoms with Gasteiger partial charge in [-0.1, -0.05) is 6.92 Å². The summed E-state index contributed by atoms with van der Waals surface area (Å²) in [7, 11) is -3.66. The third-order valence-corrected chi connectivity index (χ3v) is 4.08. The Labute approximate surface area is 108 Å². The van der Waals surface area contributed by atoms with Crippen molar-refractivity contribution in [3.05, 3.63) is 38.9 Å². The number of hydrogen-bond donors (Lipinski definition) is 3.